The van der Waals surface area contributed by atoms with Crippen LogP contribution < -0.4 is 0 Å². The van der Waals surface area contributed by atoms with E-state index in [4.69, 9.17) is 4.84 Å². The quantitative estimate of drug-likeness (QED) is 0.299. The van der Waals surface area contributed by atoms with Crippen molar-refractivity contribution in [3.8, 4) is 0 Å². The Morgan fingerprint density at radius 3 is 3.13 bits per heavy atom. The van der Waals surface area contributed by atoms with E-state index in [0.29, 0.717) is 6.61 Å². The summed E-state index contributed by atoms with van der Waals surface area (Å²) in [6, 6.07) is 0. The highest BCUT2D eigenvalue weighted by Crippen LogP contribution is 2.11. The lowest BCUT2D eigenvalue weighted by Gasteiger charge is -2.23. The predicted molar refractivity (Wildman–Crippen MR) is 64.1 cm³/mol. The van der Waals surface area contributed by atoms with Crippen molar-refractivity contribution in [3.63, 3.8) is 0 Å². The van der Waals surface area contributed by atoms with E-state index in [2.05, 4.69) is 36.7 Å². The van der Waals surface area contributed by atoms with Crippen molar-refractivity contribution in [3.05, 3.63) is 24.3 Å². The van der Waals surface area contributed by atoms with E-state index in [1.807, 2.05) is 0 Å². The minimum atomic E-state index is 0.479. The number of hydrogen-bond acceptors (Lipinski definition) is 3. The maximum absolute atomic E-state index is 5.13. The third-order valence-corrected chi connectivity index (χ3v) is 2.41. The van der Waals surface area contributed by atoms with Crippen LogP contribution in [-0.2, 0) is 4.84 Å². The number of hydrogen-bond donors (Lipinski definition) is 0. The molecule has 0 spiro atoms. The van der Waals surface area contributed by atoms with Crippen molar-refractivity contribution in [2.24, 2.45) is 5.16 Å². The zero-order valence-electron chi connectivity index (χ0n) is 9.70. The number of rotatable bonds is 5. The fourth-order valence-corrected chi connectivity index (χ4v) is 1.62. The highest BCUT2D eigenvalue weighted by Gasteiger charge is 2.12. The Hall–Kier alpha value is -1.09. The second kappa shape index (κ2) is 6.40. The van der Waals surface area contributed by atoms with Gasteiger partial charge in [0, 0.05) is 13.1 Å². The molecule has 3 nitrogen and oxygen atoms in total. The minimum Gasteiger partial charge on any atom is -0.391 e. The molecule has 0 amide bonds. The molecule has 0 saturated carbocycles. The van der Waals surface area contributed by atoms with Gasteiger partial charge in [0.1, 0.15) is 6.61 Å². The molecule has 0 aromatic heterocycles. The molecule has 1 aliphatic heterocycles. The van der Waals surface area contributed by atoms with E-state index in [-0.39, 0.29) is 0 Å². The maximum atomic E-state index is 5.13. The molecule has 15 heavy (non-hydrogen) atoms. The molecule has 0 bridgehead atoms. The van der Waals surface area contributed by atoms with Gasteiger partial charge in [0.15, 0.2) is 0 Å². The number of nitrogens with zero attached hydrogens (tertiary/aromatic N) is 2. The molecule has 0 atom stereocenters. The molecular formula is C12H20N2O. The van der Waals surface area contributed by atoms with E-state index in [1.165, 1.54) is 5.57 Å². The molecule has 1 aliphatic rings. The van der Waals surface area contributed by atoms with Gasteiger partial charge in [-0.15, -0.1) is 0 Å². The molecule has 0 saturated heterocycles. The zero-order chi connectivity index (χ0) is 11.1. The molecule has 1 heterocycles. The van der Waals surface area contributed by atoms with Crippen LogP contribution in [0.5, 0.6) is 0 Å². The van der Waals surface area contributed by atoms with Crippen LogP contribution in [-0.4, -0.2) is 37.4 Å². The first-order valence-electron chi connectivity index (χ1n) is 5.45. The van der Waals surface area contributed by atoms with Gasteiger partial charge in [-0.1, -0.05) is 30.8 Å². The second-order valence-corrected chi connectivity index (χ2v) is 3.73. The summed E-state index contributed by atoms with van der Waals surface area (Å²) >= 11 is 0. The molecule has 1 rings (SSSR count). The summed E-state index contributed by atoms with van der Waals surface area (Å²) in [6.45, 7) is 8.28. The molecule has 0 aliphatic carbocycles. The van der Waals surface area contributed by atoms with Crippen LogP contribution in [0.3, 0.4) is 0 Å². The van der Waals surface area contributed by atoms with Gasteiger partial charge < -0.3 is 9.74 Å². The molecule has 84 valence electrons. The van der Waals surface area contributed by atoms with E-state index < -0.39 is 0 Å². The van der Waals surface area contributed by atoms with Gasteiger partial charge in [0.05, 0.1) is 5.71 Å². The fourth-order valence-electron chi connectivity index (χ4n) is 1.62. The summed E-state index contributed by atoms with van der Waals surface area (Å²) in [5.41, 5.74) is 2.36. The van der Waals surface area contributed by atoms with Crippen molar-refractivity contribution in [2.75, 3.05) is 26.7 Å². The average molecular weight is 208 g/mol. The largest absolute Gasteiger partial charge is 0.391 e. The smallest absolute Gasteiger partial charge is 0.135 e. The third-order valence-electron chi connectivity index (χ3n) is 2.41. The first kappa shape index (κ1) is 12.0. The Morgan fingerprint density at radius 1 is 1.73 bits per heavy atom. The predicted octanol–water partition coefficient (Wildman–Crippen LogP) is 2.22. The highest BCUT2D eigenvalue weighted by atomic mass is 16.6. The lowest BCUT2D eigenvalue weighted by Crippen LogP contribution is -2.28. The van der Waals surface area contributed by atoms with Crippen molar-refractivity contribution in [1.82, 2.24) is 4.90 Å². The van der Waals surface area contributed by atoms with Crippen LogP contribution in [0.2, 0.25) is 0 Å². The third kappa shape index (κ3) is 3.88. The zero-order valence-corrected chi connectivity index (χ0v) is 9.70. The topological polar surface area (TPSA) is 24.8 Å². The lowest BCUT2D eigenvalue weighted by molar-refractivity contribution is 0.174. The summed E-state index contributed by atoms with van der Waals surface area (Å²) < 4.78 is 0. The molecule has 3 heteroatoms. The minimum absolute atomic E-state index is 0.479. The van der Waals surface area contributed by atoms with Crippen LogP contribution >= 0.6 is 0 Å². The van der Waals surface area contributed by atoms with Crippen LogP contribution in [0, 0.1) is 0 Å². The van der Waals surface area contributed by atoms with Crippen molar-refractivity contribution < 1.29 is 4.84 Å². The highest BCUT2D eigenvalue weighted by molar-refractivity contribution is 6.00. The van der Waals surface area contributed by atoms with E-state index >= 15 is 0 Å². The van der Waals surface area contributed by atoms with Gasteiger partial charge in [-0.2, -0.15) is 0 Å². The Kier molecular flexibility index (Phi) is 5.12. The van der Waals surface area contributed by atoms with E-state index in [9.17, 15) is 0 Å². The maximum Gasteiger partial charge on any atom is 0.135 e. The van der Waals surface area contributed by atoms with E-state index in [1.54, 1.807) is 6.08 Å². The summed E-state index contributed by atoms with van der Waals surface area (Å²) in [6.07, 6.45) is 5.99. The standard InChI is InChI=1S/C12H20N2O/c1-4-9-15-13-12(5-2)11-7-6-8-14(3)10-11/h4,7H,1,5-6,8-10H2,2-3H3. The Morgan fingerprint density at radius 2 is 2.53 bits per heavy atom. The first-order valence-corrected chi connectivity index (χ1v) is 5.45. The van der Waals surface area contributed by atoms with Gasteiger partial charge in [-0.05, 0) is 25.5 Å². The molecule has 0 aromatic carbocycles. The lowest BCUT2D eigenvalue weighted by atomic mass is 10.0. The molecule has 0 fully saturated rings. The molecule has 0 N–H and O–H groups in total. The molecule has 0 radical (unpaired) electrons. The van der Waals surface area contributed by atoms with Crippen molar-refractivity contribution in [1.29, 1.82) is 0 Å². The summed E-state index contributed by atoms with van der Waals surface area (Å²) in [5.74, 6) is 0. The normalized spacial score (nSPS) is 18.5. The van der Waals surface area contributed by atoms with Crippen LogP contribution in [0.25, 0.3) is 0 Å². The van der Waals surface area contributed by atoms with Gasteiger partial charge in [-0.25, -0.2) is 0 Å². The van der Waals surface area contributed by atoms with Crippen LogP contribution in [0.4, 0.5) is 0 Å². The van der Waals surface area contributed by atoms with Crippen LogP contribution in [0.1, 0.15) is 19.8 Å². The Labute approximate surface area is 92.1 Å². The number of oxime groups is 1. The van der Waals surface area contributed by atoms with Gasteiger partial charge >= 0.3 is 0 Å². The number of likely N-dealkylation sites (N-methyl/N-ethyl adjacent to an activating group) is 1. The molecule has 0 unspecified atom stereocenters. The SMILES string of the molecule is C=CCON=C(CC)C1=CCCN(C)C1. The average Bonchev–Trinajstić information content (AvgIpc) is 2.24. The van der Waals surface area contributed by atoms with Crippen LogP contribution in [0.15, 0.2) is 29.5 Å². The van der Waals surface area contributed by atoms with Gasteiger partial charge in [0.2, 0.25) is 0 Å². The van der Waals surface area contributed by atoms with E-state index in [0.717, 1.165) is 31.6 Å². The summed E-state index contributed by atoms with van der Waals surface area (Å²) in [4.78, 5) is 7.43. The fraction of sp³-hybridized carbons (Fsp3) is 0.583. The first-order chi connectivity index (χ1) is 7.27. The molecular weight excluding hydrogens is 188 g/mol. The van der Waals surface area contributed by atoms with Crippen molar-refractivity contribution in [2.45, 2.75) is 19.8 Å². The Balaban J connectivity index is 2.60. The molecule has 0 aromatic rings. The monoisotopic (exact) mass is 208 g/mol. The van der Waals surface area contributed by atoms with Gasteiger partial charge in [-0.3, -0.25) is 0 Å². The van der Waals surface area contributed by atoms with Crippen molar-refractivity contribution >= 4 is 5.71 Å². The Bertz CT molecular complexity index is 269. The van der Waals surface area contributed by atoms with Gasteiger partial charge in [0.25, 0.3) is 0 Å². The summed E-state index contributed by atoms with van der Waals surface area (Å²) in [5, 5.41) is 4.14. The summed E-state index contributed by atoms with van der Waals surface area (Å²) in [7, 11) is 2.13. The second-order valence-electron chi connectivity index (χ2n) is 3.73.